The lowest BCUT2D eigenvalue weighted by Gasteiger charge is -2.32. The fraction of sp³-hybridized carbons (Fsp3) is 0.364. The summed E-state index contributed by atoms with van der Waals surface area (Å²) in [7, 11) is 0. The van der Waals surface area contributed by atoms with Gasteiger partial charge in [-0.25, -0.2) is 9.97 Å². The fourth-order valence-electron chi connectivity index (χ4n) is 3.79. The molecule has 1 aliphatic rings. The summed E-state index contributed by atoms with van der Waals surface area (Å²) in [5.74, 6) is 1.12. The van der Waals surface area contributed by atoms with Crippen molar-refractivity contribution < 1.29 is 4.79 Å². The highest BCUT2D eigenvalue weighted by atomic mass is 16.2. The number of nitrogens with one attached hydrogen (secondary N) is 1. The summed E-state index contributed by atoms with van der Waals surface area (Å²) in [4.78, 5) is 23.7. The van der Waals surface area contributed by atoms with E-state index in [9.17, 15) is 4.79 Å². The molecule has 1 aliphatic heterocycles. The van der Waals surface area contributed by atoms with Crippen molar-refractivity contribution >= 4 is 5.91 Å². The molecular weight excluding hydrogens is 350 g/mol. The molecule has 0 radical (unpaired) electrons. The molecule has 1 atom stereocenters. The van der Waals surface area contributed by atoms with Crippen LogP contribution in [-0.4, -0.2) is 44.1 Å². The average Bonchev–Trinajstić information content (AvgIpc) is 3.24. The normalized spacial score (nSPS) is 17.1. The molecule has 1 aromatic carbocycles. The van der Waals surface area contributed by atoms with E-state index in [1.165, 1.54) is 0 Å². The lowest BCUT2D eigenvalue weighted by atomic mass is 9.90. The number of amides is 1. The molecule has 0 spiro atoms. The fourth-order valence-corrected chi connectivity index (χ4v) is 3.79. The van der Waals surface area contributed by atoms with Crippen LogP contribution in [0, 0.1) is 0 Å². The Morgan fingerprint density at radius 3 is 2.82 bits per heavy atom. The van der Waals surface area contributed by atoms with E-state index in [1.54, 1.807) is 12.3 Å². The Labute approximate surface area is 165 Å². The Kier molecular flexibility index (Phi) is 5.19. The van der Waals surface area contributed by atoms with Crippen molar-refractivity contribution in [1.29, 1.82) is 0 Å². The molecule has 3 heterocycles. The van der Waals surface area contributed by atoms with Gasteiger partial charge in [-0.05, 0) is 24.5 Å². The third-order valence-corrected chi connectivity index (χ3v) is 5.28. The summed E-state index contributed by atoms with van der Waals surface area (Å²) in [5, 5.41) is 7.47. The first-order valence-electron chi connectivity index (χ1n) is 9.84. The van der Waals surface area contributed by atoms with E-state index in [4.69, 9.17) is 0 Å². The van der Waals surface area contributed by atoms with Gasteiger partial charge in [-0.15, -0.1) is 0 Å². The highest BCUT2D eigenvalue weighted by molar-refractivity contribution is 5.92. The van der Waals surface area contributed by atoms with Crippen LogP contribution < -0.4 is 0 Å². The Hall–Kier alpha value is -3.02. The molecule has 1 N–H and O–H groups in total. The minimum absolute atomic E-state index is 0.0187. The van der Waals surface area contributed by atoms with Gasteiger partial charge in [0.2, 0.25) is 0 Å². The minimum Gasteiger partial charge on any atom is -0.337 e. The number of H-pyrrole nitrogens is 1. The maximum Gasteiger partial charge on any atom is 0.272 e. The van der Waals surface area contributed by atoms with Gasteiger partial charge in [0.15, 0.2) is 0 Å². The second-order valence-electron chi connectivity index (χ2n) is 7.61. The number of benzene rings is 1. The molecular formula is C22H25N5O. The Morgan fingerprint density at radius 1 is 1.21 bits per heavy atom. The van der Waals surface area contributed by atoms with Crippen molar-refractivity contribution in [3.05, 3.63) is 66.0 Å². The van der Waals surface area contributed by atoms with E-state index >= 15 is 0 Å². The van der Waals surface area contributed by atoms with Gasteiger partial charge in [-0.2, -0.15) is 5.10 Å². The van der Waals surface area contributed by atoms with Gasteiger partial charge >= 0.3 is 0 Å². The Morgan fingerprint density at radius 2 is 2.04 bits per heavy atom. The lowest BCUT2D eigenvalue weighted by Crippen LogP contribution is -2.39. The Balaban J connectivity index is 1.55. The number of rotatable bonds is 4. The summed E-state index contributed by atoms with van der Waals surface area (Å²) >= 11 is 0. The van der Waals surface area contributed by atoms with Crippen LogP contribution in [0.3, 0.4) is 0 Å². The summed E-state index contributed by atoms with van der Waals surface area (Å²) in [6.45, 7) is 5.49. The highest BCUT2D eigenvalue weighted by Gasteiger charge is 2.29. The van der Waals surface area contributed by atoms with Crippen molar-refractivity contribution in [2.45, 2.75) is 38.5 Å². The molecule has 0 saturated carbocycles. The van der Waals surface area contributed by atoms with Crippen LogP contribution in [0.25, 0.3) is 11.1 Å². The van der Waals surface area contributed by atoms with E-state index < -0.39 is 0 Å². The summed E-state index contributed by atoms with van der Waals surface area (Å²) in [6.07, 6.45) is 5.56. The second-order valence-corrected chi connectivity index (χ2v) is 7.61. The summed E-state index contributed by atoms with van der Waals surface area (Å²) in [6, 6.07) is 12.0. The van der Waals surface area contributed by atoms with Crippen molar-refractivity contribution in [3.63, 3.8) is 0 Å². The lowest BCUT2D eigenvalue weighted by molar-refractivity contribution is 0.0699. The topological polar surface area (TPSA) is 74.8 Å². The Bertz CT molecular complexity index is 950. The molecule has 6 nitrogen and oxygen atoms in total. The molecule has 144 valence electrons. The zero-order valence-electron chi connectivity index (χ0n) is 16.3. The average molecular weight is 375 g/mol. The molecule has 0 aliphatic carbocycles. The van der Waals surface area contributed by atoms with E-state index in [-0.39, 0.29) is 17.7 Å². The quantitative estimate of drug-likeness (QED) is 0.748. The van der Waals surface area contributed by atoms with E-state index in [2.05, 4.69) is 32.3 Å². The van der Waals surface area contributed by atoms with E-state index in [0.717, 1.165) is 36.2 Å². The van der Waals surface area contributed by atoms with Gasteiger partial charge in [0.05, 0.1) is 6.20 Å². The number of hydrogen-bond acceptors (Lipinski definition) is 4. The molecule has 3 aromatic rings. The van der Waals surface area contributed by atoms with Crippen molar-refractivity contribution in [1.82, 2.24) is 25.1 Å². The van der Waals surface area contributed by atoms with Gasteiger partial charge in [0.1, 0.15) is 11.5 Å². The van der Waals surface area contributed by atoms with Crippen molar-refractivity contribution in [2.75, 3.05) is 13.1 Å². The third kappa shape index (κ3) is 3.67. The number of nitrogens with zero attached hydrogens (tertiary/aromatic N) is 4. The second kappa shape index (κ2) is 7.92. The van der Waals surface area contributed by atoms with Gasteiger partial charge in [0, 0.05) is 42.4 Å². The van der Waals surface area contributed by atoms with E-state index in [0.29, 0.717) is 18.1 Å². The zero-order chi connectivity index (χ0) is 19.5. The number of likely N-dealkylation sites (tertiary alicyclic amines) is 1. The number of carbonyl (C=O) groups excluding carboxylic acids is 1. The van der Waals surface area contributed by atoms with Crippen molar-refractivity contribution in [3.8, 4) is 11.1 Å². The predicted molar refractivity (Wildman–Crippen MR) is 108 cm³/mol. The highest BCUT2D eigenvalue weighted by Crippen LogP contribution is 2.33. The first kappa shape index (κ1) is 18.3. The number of aromatic nitrogens is 4. The van der Waals surface area contributed by atoms with Crippen LogP contribution in [-0.2, 0) is 0 Å². The third-order valence-electron chi connectivity index (χ3n) is 5.28. The SMILES string of the molecule is CC(C)c1nccc(C(=O)N2CCC[C@@H](c3[nH]ncc3-c3ccccc3)C2)n1. The van der Waals surface area contributed by atoms with Gasteiger partial charge < -0.3 is 4.90 Å². The van der Waals surface area contributed by atoms with Crippen molar-refractivity contribution in [2.24, 2.45) is 0 Å². The van der Waals surface area contributed by atoms with Gasteiger partial charge in [-0.1, -0.05) is 44.2 Å². The number of hydrogen-bond donors (Lipinski definition) is 1. The molecule has 1 fully saturated rings. The molecule has 0 unspecified atom stereocenters. The maximum absolute atomic E-state index is 13.1. The summed E-state index contributed by atoms with van der Waals surface area (Å²) < 4.78 is 0. The smallest absolute Gasteiger partial charge is 0.272 e. The first-order chi connectivity index (χ1) is 13.6. The van der Waals surface area contributed by atoms with Crippen LogP contribution in [0.15, 0.2) is 48.8 Å². The molecule has 6 heteroatoms. The maximum atomic E-state index is 13.1. The zero-order valence-corrected chi connectivity index (χ0v) is 16.3. The van der Waals surface area contributed by atoms with Gasteiger partial charge in [0.25, 0.3) is 5.91 Å². The van der Waals surface area contributed by atoms with Gasteiger partial charge in [-0.3, -0.25) is 9.89 Å². The minimum atomic E-state index is -0.0187. The molecule has 0 bridgehead atoms. The first-order valence-corrected chi connectivity index (χ1v) is 9.84. The molecule has 4 rings (SSSR count). The van der Waals surface area contributed by atoms with Crippen LogP contribution in [0.1, 0.15) is 60.5 Å². The molecule has 2 aromatic heterocycles. The summed E-state index contributed by atoms with van der Waals surface area (Å²) in [5.41, 5.74) is 3.85. The largest absolute Gasteiger partial charge is 0.337 e. The van der Waals surface area contributed by atoms with Crippen LogP contribution in [0.2, 0.25) is 0 Å². The van der Waals surface area contributed by atoms with E-state index in [1.807, 2.05) is 43.1 Å². The molecule has 1 saturated heterocycles. The number of aromatic amines is 1. The standard InChI is InChI=1S/C22H25N5O/c1-15(2)21-23-11-10-19(25-21)22(28)27-12-6-9-17(14-27)20-18(13-24-26-20)16-7-4-3-5-8-16/h3-5,7-8,10-11,13,15,17H,6,9,12,14H2,1-2H3,(H,24,26)/t17-/m1/s1. The monoisotopic (exact) mass is 375 g/mol. The molecule has 1 amide bonds. The van der Waals surface area contributed by atoms with Crippen LogP contribution in [0.4, 0.5) is 0 Å². The predicted octanol–water partition coefficient (Wildman–Crippen LogP) is 4.01. The molecule has 28 heavy (non-hydrogen) atoms. The number of carbonyl (C=O) groups is 1. The number of piperidine rings is 1. The van der Waals surface area contributed by atoms with Crippen LogP contribution in [0.5, 0.6) is 0 Å². The van der Waals surface area contributed by atoms with Crippen LogP contribution >= 0.6 is 0 Å².